The van der Waals surface area contributed by atoms with Crippen LogP contribution in [0, 0.1) is 5.82 Å². The molecule has 2 atom stereocenters. The molecule has 0 unspecified atom stereocenters. The minimum Gasteiger partial charge on any atom is -0.483 e. The van der Waals surface area contributed by atoms with Gasteiger partial charge in [0.2, 0.25) is 0 Å². The summed E-state index contributed by atoms with van der Waals surface area (Å²) in [5.74, 6) is -0.644. The topological polar surface area (TPSA) is 101 Å². The number of carbonyl (C=O) groups is 1. The number of methoxy groups -OCH3 is 2. The molecular formula is C13H16FN3O6S. The highest BCUT2D eigenvalue weighted by molar-refractivity contribution is 8.00. The molecule has 0 amide bonds. The Kier molecular flexibility index (Phi) is 6.04. The molecule has 1 aliphatic rings. The fourth-order valence-corrected chi connectivity index (χ4v) is 2.78. The second-order valence-electron chi connectivity index (χ2n) is 4.50. The molecule has 1 aliphatic heterocycles. The van der Waals surface area contributed by atoms with E-state index in [2.05, 4.69) is 21.6 Å². The molecule has 2 heterocycles. The molecule has 0 aliphatic carbocycles. The predicted molar refractivity (Wildman–Crippen MR) is 83.0 cm³/mol. The first kappa shape index (κ1) is 18.1. The van der Waals surface area contributed by atoms with E-state index in [0.29, 0.717) is 5.75 Å². The molecule has 2 rings (SSSR count). The van der Waals surface area contributed by atoms with Gasteiger partial charge in [-0.3, -0.25) is 4.57 Å². The van der Waals surface area contributed by atoms with Gasteiger partial charge >= 0.3 is 11.8 Å². The first-order chi connectivity index (χ1) is 11.4. The standard InChI is InChI=1S/C13H16FN3O6S/c1-7(20-2)15-11-8(14)4-17(12(18)16-11)9-6-24-10(23-9)5-22-13(19)21-3/h4,9-10H,1,5-6H2,2-3H3,(H,15,16,18)/t9-,10+/m0/s1. The number of thioether (sulfide) groups is 1. The monoisotopic (exact) mass is 361 g/mol. The van der Waals surface area contributed by atoms with Gasteiger partial charge in [-0.1, -0.05) is 0 Å². The smallest absolute Gasteiger partial charge is 0.483 e. The molecule has 0 bridgehead atoms. The zero-order valence-electron chi connectivity index (χ0n) is 13.0. The summed E-state index contributed by atoms with van der Waals surface area (Å²) in [7, 11) is 2.53. The molecule has 11 heteroatoms. The maximum atomic E-state index is 14.0. The molecule has 0 saturated carbocycles. The van der Waals surface area contributed by atoms with E-state index in [4.69, 9.17) is 14.2 Å². The summed E-state index contributed by atoms with van der Waals surface area (Å²) in [4.78, 5) is 26.6. The van der Waals surface area contributed by atoms with Gasteiger partial charge in [-0.2, -0.15) is 4.98 Å². The molecule has 9 nitrogen and oxygen atoms in total. The van der Waals surface area contributed by atoms with Crippen molar-refractivity contribution in [2.24, 2.45) is 0 Å². The summed E-state index contributed by atoms with van der Waals surface area (Å²) in [5.41, 5.74) is -1.20. The fraction of sp³-hybridized carbons (Fsp3) is 0.462. The van der Waals surface area contributed by atoms with Crippen LogP contribution in [0.25, 0.3) is 0 Å². The van der Waals surface area contributed by atoms with Crippen molar-refractivity contribution in [1.29, 1.82) is 0 Å². The van der Waals surface area contributed by atoms with Crippen LogP contribution in [0.15, 0.2) is 23.5 Å². The van der Waals surface area contributed by atoms with Crippen LogP contribution in [-0.4, -0.2) is 47.7 Å². The molecule has 24 heavy (non-hydrogen) atoms. The van der Waals surface area contributed by atoms with Crippen LogP contribution in [0.1, 0.15) is 6.23 Å². The van der Waals surface area contributed by atoms with Crippen molar-refractivity contribution in [1.82, 2.24) is 9.55 Å². The molecule has 1 saturated heterocycles. The first-order valence-electron chi connectivity index (χ1n) is 6.71. The van der Waals surface area contributed by atoms with Gasteiger partial charge in [0.25, 0.3) is 0 Å². The van der Waals surface area contributed by atoms with Gasteiger partial charge in [-0.05, 0) is 6.58 Å². The third-order valence-corrected chi connectivity index (χ3v) is 4.06. The van der Waals surface area contributed by atoms with Crippen LogP contribution in [0.4, 0.5) is 15.0 Å². The Hall–Kier alpha value is -2.27. The Balaban J connectivity index is 2.05. The normalized spacial score (nSPS) is 19.6. The number of anilines is 1. The molecule has 132 valence electrons. The molecular weight excluding hydrogens is 345 g/mol. The highest BCUT2D eigenvalue weighted by atomic mass is 32.2. The van der Waals surface area contributed by atoms with Gasteiger partial charge < -0.3 is 24.3 Å². The van der Waals surface area contributed by atoms with Crippen molar-refractivity contribution >= 4 is 23.7 Å². The van der Waals surface area contributed by atoms with Crippen LogP contribution in [0.5, 0.6) is 0 Å². The number of nitrogens with zero attached hydrogens (tertiary/aromatic N) is 2. The summed E-state index contributed by atoms with van der Waals surface area (Å²) < 4.78 is 34.5. The highest BCUT2D eigenvalue weighted by Crippen LogP contribution is 2.31. The van der Waals surface area contributed by atoms with Crippen LogP contribution in [-0.2, 0) is 18.9 Å². The van der Waals surface area contributed by atoms with Gasteiger partial charge in [-0.15, -0.1) is 11.8 Å². The third kappa shape index (κ3) is 4.38. The lowest BCUT2D eigenvalue weighted by molar-refractivity contribution is -0.0209. The summed E-state index contributed by atoms with van der Waals surface area (Å²) in [6.45, 7) is 3.41. The van der Waals surface area contributed by atoms with E-state index < -0.39 is 29.3 Å². The zero-order chi connectivity index (χ0) is 17.7. The third-order valence-electron chi connectivity index (χ3n) is 2.96. The van der Waals surface area contributed by atoms with Crippen LogP contribution in [0.2, 0.25) is 0 Å². The van der Waals surface area contributed by atoms with Crippen LogP contribution in [0.3, 0.4) is 0 Å². The molecule has 1 aromatic rings. The first-order valence-corrected chi connectivity index (χ1v) is 7.76. The van der Waals surface area contributed by atoms with Crippen molar-refractivity contribution < 1.29 is 28.1 Å². The average Bonchev–Trinajstić information content (AvgIpc) is 3.04. The lowest BCUT2D eigenvalue weighted by atomic mass is 10.5. The maximum absolute atomic E-state index is 14.0. The maximum Gasteiger partial charge on any atom is 0.508 e. The Labute approximate surface area is 140 Å². The van der Waals surface area contributed by atoms with E-state index in [1.807, 2.05) is 0 Å². The Morgan fingerprint density at radius 3 is 3.00 bits per heavy atom. The van der Waals surface area contributed by atoms with Crippen molar-refractivity contribution in [2.75, 3.05) is 31.9 Å². The number of aromatic nitrogens is 2. The zero-order valence-corrected chi connectivity index (χ0v) is 13.8. The van der Waals surface area contributed by atoms with E-state index >= 15 is 0 Å². The molecule has 0 spiro atoms. The van der Waals surface area contributed by atoms with E-state index in [9.17, 15) is 14.0 Å². The van der Waals surface area contributed by atoms with Crippen molar-refractivity contribution in [3.63, 3.8) is 0 Å². The summed E-state index contributed by atoms with van der Waals surface area (Å²) >= 11 is 1.32. The van der Waals surface area contributed by atoms with Gasteiger partial charge in [0.05, 0.1) is 20.4 Å². The van der Waals surface area contributed by atoms with Gasteiger partial charge in [-0.25, -0.2) is 14.0 Å². The lowest BCUT2D eigenvalue weighted by Crippen LogP contribution is -2.30. The van der Waals surface area contributed by atoms with Gasteiger partial charge in [0.1, 0.15) is 18.3 Å². The molecule has 1 aromatic heterocycles. The number of carbonyl (C=O) groups excluding carboxylic acids is 1. The molecule has 1 fully saturated rings. The number of rotatable bonds is 6. The lowest BCUT2D eigenvalue weighted by Gasteiger charge is -2.15. The minimum absolute atomic E-state index is 0.0474. The van der Waals surface area contributed by atoms with E-state index in [1.165, 1.54) is 26.0 Å². The minimum atomic E-state index is -0.832. The number of hydrogen-bond acceptors (Lipinski definition) is 9. The van der Waals surface area contributed by atoms with E-state index in [-0.39, 0.29) is 18.3 Å². The van der Waals surface area contributed by atoms with Crippen molar-refractivity contribution in [3.05, 3.63) is 35.0 Å². The number of halogens is 1. The number of nitrogens with one attached hydrogen (secondary N) is 1. The van der Waals surface area contributed by atoms with E-state index in [1.54, 1.807) is 0 Å². The number of hydrogen-bond donors (Lipinski definition) is 1. The van der Waals surface area contributed by atoms with Gasteiger partial charge in [0.15, 0.2) is 17.5 Å². The SMILES string of the molecule is C=C(Nc1nc(=O)n([C@@H]2CS[C@H](COC(=O)OC)O2)cc1F)OC. The second-order valence-corrected chi connectivity index (χ2v) is 5.69. The van der Waals surface area contributed by atoms with Crippen LogP contribution >= 0.6 is 11.8 Å². The van der Waals surface area contributed by atoms with E-state index in [0.717, 1.165) is 10.8 Å². The summed E-state index contributed by atoms with van der Waals surface area (Å²) in [6.07, 6.45) is -0.577. The summed E-state index contributed by atoms with van der Waals surface area (Å²) in [5, 5.41) is 2.43. The quantitative estimate of drug-likeness (QED) is 0.593. The molecule has 0 aromatic carbocycles. The number of ether oxygens (including phenoxy) is 4. The average molecular weight is 361 g/mol. The fourth-order valence-electron chi connectivity index (χ4n) is 1.79. The summed E-state index contributed by atoms with van der Waals surface area (Å²) in [6, 6.07) is 0. The molecule has 1 N–H and O–H groups in total. The Morgan fingerprint density at radius 2 is 2.33 bits per heavy atom. The molecule has 0 radical (unpaired) electrons. The largest absolute Gasteiger partial charge is 0.508 e. The van der Waals surface area contributed by atoms with Gasteiger partial charge in [0, 0.05) is 5.75 Å². The predicted octanol–water partition coefficient (Wildman–Crippen LogP) is 1.28. The van der Waals surface area contributed by atoms with Crippen molar-refractivity contribution in [2.45, 2.75) is 11.7 Å². The second kappa shape index (κ2) is 8.02. The highest BCUT2D eigenvalue weighted by Gasteiger charge is 2.30. The Bertz CT molecular complexity index is 682. The Morgan fingerprint density at radius 1 is 1.58 bits per heavy atom. The van der Waals surface area contributed by atoms with Crippen molar-refractivity contribution in [3.8, 4) is 0 Å². The van der Waals surface area contributed by atoms with Crippen LogP contribution < -0.4 is 11.0 Å².